The number of phenols is 8. The highest BCUT2D eigenvalue weighted by atomic mass is 16.3. The first-order valence-corrected chi connectivity index (χ1v) is 25.2. The van der Waals surface area contributed by atoms with Gasteiger partial charge < -0.3 is 40.9 Å². The molecule has 0 unspecified atom stereocenters. The number of hydrogen-bond acceptors (Lipinski definition) is 8. The molecule has 0 saturated heterocycles. The third-order valence-electron chi connectivity index (χ3n) is 14.1. The quantitative estimate of drug-likeness (QED) is 0.0323. The first kappa shape index (κ1) is 50.3. The highest BCUT2D eigenvalue weighted by Gasteiger charge is 2.33. The largest absolute Gasteiger partial charge is 0.508 e. The van der Waals surface area contributed by atoms with Gasteiger partial charge in [-0.1, -0.05) is 156 Å². The molecule has 64 heavy (non-hydrogen) atoms. The second-order valence-electron chi connectivity index (χ2n) is 18.9. The zero-order valence-corrected chi connectivity index (χ0v) is 39.5. The van der Waals surface area contributed by atoms with Crippen molar-refractivity contribution in [2.45, 2.75) is 205 Å². The predicted octanol–water partition coefficient (Wildman–Crippen LogP) is 15.6. The van der Waals surface area contributed by atoms with E-state index < -0.39 is 23.7 Å². The topological polar surface area (TPSA) is 162 Å². The van der Waals surface area contributed by atoms with Gasteiger partial charge in [0.05, 0.1) is 0 Å². The van der Waals surface area contributed by atoms with Crippen molar-refractivity contribution in [1.29, 1.82) is 0 Å². The van der Waals surface area contributed by atoms with E-state index >= 15 is 0 Å². The Balaban J connectivity index is 1.85. The van der Waals surface area contributed by atoms with Crippen LogP contribution in [0.5, 0.6) is 46.0 Å². The molecule has 0 fully saturated rings. The van der Waals surface area contributed by atoms with E-state index in [1.807, 2.05) is 24.3 Å². The molecule has 8 nitrogen and oxygen atoms in total. The predicted molar refractivity (Wildman–Crippen MR) is 260 cm³/mol. The summed E-state index contributed by atoms with van der Waals surface area (Å²) in [5, 5.41) is 94.8. The molecule has 1 aliphatic carbocycles. The Labute approximate surface area is 384 Å². The third kappa shape index (κ3) is 12.8. The molecule has 0 heterocycles. The van der Waals surface area contributed by atoms with Crippen molar-refractivity contribution in [3.05, 3.63) is 93.0 Å². The Morgan fingerprint density at radius 1 is 0.234 bits per heavy atom. The summed E-state index contributed by atoms with van der Waals surface area (Å²) < 4.78 is 0. The fraction of sp³-hybridized carbons (Fsp3) is 0.571. The minimum atomic E-state index is -0.534. The molecule has 0 spiro atoms. The first-order valence-electron chi connectivity index (χ1n) is 25.2. The number of benzene rings is 4. The summed E-state index contributed by atoms with van der Waals surface area (Å²) in [4.78, 5) is 0. The minimum Gasteiger partial charge on any atom is -0.508 e. The van der Waals surface area contributed by atoms with Crippen molar-refractivity contribution in [2.24, 2.45) is 0 Å². The molecule has 0 amide bonds. The zero-order chi connectivity index (χ0) is 46.2. The van der Waals surface area contributed by atoms with Gasteiger partial charge in [0.15, 0.2) is 0 Å². The lowest BCUT2D eigenvalue weighted by molar-refractivity contribution is 0.419. The molecule has 8 N–H and O–H groups in total. The molecule has 0 radical (unpaired) electrons. The standard InChI is InChI=1S/C56H80O8/c1-5-9-13-17-21-25-37-41-29-43(51(59)33-49(41)57)38(26-22-18-14-10-6-2)45-31-47(55(63)35-53(45)61)40(28-24-20-16-12-8-4)48-32-46(54(62)36-56(48)64)39(27-23-19-15-11-7-3)44-30-42(37)50(58)34-52(44)60/h29-40,57-64H,5-28H2,1-4H3. The average molecular weight is 881 g/mol. The lowest BCUT2D eigenvalue weighted by Gasteiger charge is -2.29. The molecular weight excluding hydrogens is 801 g/mol. The van der Waals surface area contributed by atoms with Crippen LogP contribution in [0.1, 0.15) is 250 Å². The Hall–Kier alpha value is -4.72. The molecule has 4 aromatic rings. The number of phenolic OH excluding ortho intramolecular Hbond substituents is 8. The molecule has 1 aliphatic rings. The van der Waals surface area contributed by atoms with Crippen molar-refractivity contribution in [3.8, 4) is 46.0 Å². The van der Waals surface area contributed by atoms with Crippen molar-refractivity contribution < 1.29 is 40.9 Å². The maximum absolute atomic E-state index is 11.8. The summed E-state index contributed by atoms with van der Waals surface area (Å²) in [5.41, 5.74) is 4.28. The molecule has 8 heteroatoms. The Morgan fingerprint density at radius 2 is 0.391 bits per heavy atom. The molecule has 0 atom stereocenters. The van der Waals surface area contributed by atoms with Gasteiger partial charge in [0.1, 0.15) is 46.0 Å². The van der Waals surface area contributed by atoms with Gasteiger partial charge in [-0.2, -0.15) is 0 Å². The van der Waals surface area contributed by atoms with Gasteiger partial charge in [-0.25, -0.2) is 0 Å². The second kappa shape index (κ2) is 25.1. The summed E-state index contributed by atoms with van der Waals surface area (Å²) in [6, 6.07) is 12.9. The van der Waals surface area contributed by atoms with Crippen molar-refractivity contribution in [3.63, 3.8) is 0 Å². The SMILES string of the molecule is CCCCCCCC1c2cc(c(O)cc2O)C(CCCCCCC)c2cc(c(O)cc2O)C(CCCCCCC)c2cc(c(O)cc2O)C(CCCCCCC)c2cc1c(O)cc2O. The Kier molecular flexibility index (Phi) is 19.7. The van der Waals surface area contributed by atoms with Crippen molar-refractivity contribution in [2.75, 3.05) is 0 Å². The Bertz CT molecular complexity index is 1680. The lowest BCUT2D eigenvalue weighted by atomic mass is 9.76. The molecule has 0 aromatic heterocycles. The van der Waals surface area contributed by atoms with E-state index in [0.29, 0.717) is 70.2 Å². The van der Waals surface area contributed by atoms with Crippen LogP contribution >= 0.6 is 0 Å². The molecule has 0 saturated carbocycles. The lowest BCUT2D eigenvalue weighted by Crippen LogP contribution is -2.11. The summed E-state index contributed by atoms with van der Waals surface area (Å²) in [7, 11) is 0. The number of aromatic hydroxyl groups is 8. The molecule has 0 aliphatic heterocycles. The number of hydrogen-bond donors (Lipinski definition) is 8. The highest BCUT2D eigenvalue weighted by Crippen LogP contribution is 2.52. The molecule has 4 aromatic carbocycles. The van der Waals surface area contributed by atoms with Crippen LogP contribution in [0, 0.1) is 0 Å². The summed E-state index contributed by atoms with van der Waals surface area (Å²) in [6.07, 6.45) is 22.3. The van der Waals surface area contributed by atoms with Crippen LogP contribution in [-0.4, -0.2) is 40.9 Å². The van der Waals surface area contributed by atoms with Crippen LogP contribution in [0.4, 0.5) is 0 Å². The van der Waals surface area contributed by atoms with Gasteiger partial charge >= 0.3 is 0 Å². The van der Waals surface area contributed by atoms with Crippen LogP contribution in [0.3, 0.4) is 0 Å². The molecular formula is C56H80O8. The second-order valence-corrected chi connectivity index (χ2v) is 18.9. The van der Waals surface area contributed by atoms with Gasteiger partial charge in [0.25, 0.3) is 0 Å². The summed E-state index contributed by atoms with van der Waals surface area (Å²) >= 11 is 0. The number of unbranched alkanes of at least 4 members (excludes halogenated alkanes) is 16. The minimum absolute atomic E-state index is 0.108. The van der Waals surface area contributed by atoms with Crippen molar-refractivity contribution in [1.82, 2.24) is 0 Å². The average Bonchev–Trinajstić information content (AvgIpc) is 3.25. The fourth-order valence-corrected chi connectivity index (χ4v) is 10.4. The van der Waals surface area contributed by atoms with Gasteiger partial charge in [0.2, 0.25) is 0 Å². The fourth-order valence-electron chi connectivity index (χ4n) is 10.4. The van der Waals surface area contributed by atoms with E-state index in [9.17, 15) is 40.9 Å². The number of rotatable bonds is 24. The van der Waals surface area contributed by atoms with E-state index in [1.165, 1.54) is 24.3 Å². The maximum atomic E-state index is 11.8. The van der Waals surface area contributed by atoms with E-state index in [2.05, 4.69) is 27.7 Å². The maximum Gasteiger partial charge on any atom is 0.123 e. The van der Waals surface area contributed by atoms with Crippen LogP contribution in [0.15, 0.2) is 48.5 Å². The van der Waals surface area contributed by atoms with E-state index in [4.69, 9.17) is 0 Å². The van der Waals surface area contributed by atoms with Crippen LogP contribution < -0.4 is 0 Å². The first-order chi connectivity index (χ1) is 30.9. The third-order valence-corrected chi connectivity index (χ3v) is 14.1. The monoisotopic (exact) mass is 881 g/mol. The van der Waals surface area contributed by atoms with Crippen LogP contribution in [0.25, 0.3) is 0 Å². The van der Waals surface area contributed by atoms with Crippen molar-refractivity contribution >= 4 is 0 Å². The van der Waals surface area contributed by atoms with E-state index in [1.54, 1.807) is 0 Å². The Morgan fingerprint density at radius 3 is 0.547 bits per heavy atom. The number of fused-ring (bicyclic) bond motifs is 8. The molecule has 8 bridgehead atoms. The van der Waals surface area contributed by atoms with Gasteiger partial charge in [-0.05, 0) is 49.9 Å². The normalized spacial score (nSPS) is 17.2. The van der Waals surface area contributed by atoms with E-state index in [0.717, 1.165) is 128 Å². The zero-order valence-electron chi connectivity index (χ0n) is 39.5. The molecule has 5 rings (SSSR count). The summed E-state index contributed by atoms with van der Waals surface area (Å²) in [5.74, 6) is -3.00. The smallest absolute Gasteiger partial charge is 0.123 e. The molecule has 352 valence electrons. The van der Waals surface area contributed by atoms with Gasteiger partial charge in [-0.15, -0.1) is 0 Å². The van der Waals surface area contributed by atoms with Gasteiger partial charge in [0, 0.05) is 92.4 Å². The van der Waals surface area contributed by atoms with Crippen LogP contribution in [0.2, 0.25) is 0 Å². The highest BCUT2D eigenvalue weighted by molar-refractivity contribution is 5.62. The summed E-state index contributed by atoms with van der Waals surface area (Å²) in [6.45, 7) is 8.69. The van der Waals surface area contributed by atoms with Crippen LogP contribution in [-0.2, 0) is 0 Å². The van der Waals surface area contributed by atoms with E-state index in [-0.39, 0.29) is 46.0 Å². The van der Waals surface area contributed by atoms with Gasteiger partial charge in [-0.3, -0.25) is 0 Å².